The zero-order valence-corrected chi connectivity index (χ0v) is 11.2. The molecule has 2 N–H and O–H groups in total. The molecule has 1 heterocycles. The normalized spacial score (nSPS) is 11.1. The van der Waals surface area contributed by atoms with Crippen LogP contribution < -0.4 is 5.73 Å². The van der Waals surface area contributed by atoms with Gasteiger partial charge in [0.1, 0.15) is 5.82 Å². The topological polar surface area (TPSA) is 30.9 Å². The Hall–Kier alpha value is -2.13. The fourth-order valence-corrected chi connectivity index (χ4v) is 2.62. The van der Waals surface area contributed by atoms with Gasteiger partial charge >= 0.3 is 0 Å². The van der Waals surface area contributed by atoms with Gasteiger partial charge in [-0.25, -0.2) is 4.39 Å². The summed E-state index contributed by atoms with van der Waals surface area (Å²) in [5, 5.41) is 1.20. The van der Waals surface area contributed by atoms with E-state index in [0.717, 1.165) is 11.9 Å². The number of hydrogen-bond donors (Lipinski definition) is 1. The Balaban J connectivity index is 2.05. The van der Waals surface area contributed by atoms with Gasteiger partial charge in [-0.1, -0.05) is 36.4 Å². The van der Waals surface area contributed by atoms with Crippen LogP contribution in [0.15, 0.2) is 54.7 Å². The summed E-state index contributed by atoms with van der Waals surface area (Å²) in [6.07, 6.45) is 2.93. The minimum Gasteiger partial charge on any atom is -0.343 e. The Morgan fingerprint density at radius 2 is 1.70 bits per heavy atom. The minimum atomic E-state index is -0.161. The largest absolute Gasteiger partial charge is 0.343 e. The third kappa shape index (κ3) is 2.32. The first-order chi connectivity index (χ1) is 9.79. The smallest absolute Gasteiger partial charge is 0.128 e. The Bertz CT molecular complexity index is 731. The van der Waals surface area contributed by atoms with Crippen molar-refractivity contribution in [1.82, 2.24) is 4.57 Å². The zero-order chi connectivity index (χ0) is 13.9. The van der Waals surface area contributed by atoms with E-state index in [9.17, 15) is 4.39 Å². The molecular weight excluding hydrogens is 251 g/mol. The summed E-state index contributed by atoms with van der Waals surface area (Å²) in [4.78, 5) is 0. The average Bonchev–Trinajstić information content (AvgIpc) is 2.81. The molecule has 0 aliphatic carbocycles. The summed E-state index contributed by atoms with van der Waals surface area (Å²) in [5.41, 5.74) is 8.72. The van der Waals surface area contributed by atoms with E-state index in [-0.39, 0.29) is 5.82 Å². The number of halogens is 1. The number of aromatic nitrogens is 1. The molecule has 3 rings (SSSR count). The van der Waals surface area contributed by atoms with Crippen molar-refractivity contribution in [3.05, 3.63) is 71.7 Å². The first kappa shape index (κ1) is 12.9. The quantitative estimate of drug-likeness (QED) is 0.773. The molecule has 102 valence electrons. The zero-order valence-electron chi connectivity index (χ0n) is 11.2. The molecule has 3 heteroatoms. The van der Waals surface area contributed by atoms with Crippen molar-refractivity contribution in [1.29, 1.82) is 0 Å². The third-order valence-corrected chi connectivity index (χ3v) is 3.58. The van der Waals surface area contributed by atoms with Crippen molar-refractivity contribution in [3.8, 4) is 0 Å². The van der Waals surface area contributed by atoms with Gasteiger partial charge in [-0.05, 0) is 30.7 Å². The van der Waals surface area contributed by atoms with E-state index in [1.54, 1.807) is 6.07 Å². The van der Waals surface area contributed by atoms with E-state index in [0.29, 0.717) is 18.7 Å². The molecule has 0 fully saturated rings. The molecule has 2 aromatic carbocycles. The van der Waals surface area contributed by atoms with E-state index in [2.05, 4.69) is 22.9 Å². The van der Waals surface area contributed by atoms with Crippen LogP contribution in [-0.4, -0.2) is 11.1 Å². The average molecular weight is 268 g/mol. The molecule has 0 saturated carbocycles. The maximum absolute atomic E-state index is 13.8. The number of rotatable bonds is 4. The van der Waals surface area contributed by atoms with E-state index < -0.39 is 0 Å². The summed E-state index contributed by atoms with van der Waals surface area (Å²) >= 11 is 0. The van der Waals surface area contributed by atoms with Crippen LogP contribution in [0, 0.1) is 5.82 Å². The molecule has 3 aromatic rings. The third-order valence-electron chi connectivity index (χ3n) is 3.58. The minimum absolute atomic E-state index is 0.161. The summed E-state index contributed by atoms with van der Waals surface area (Å²) in [6, 6.07) is 15.1. The fourth-order valence-electron chi connectivity index (χ4n) is 2.62. The summed E-state index contributed by atoms with van der Waals surface area (Å²) in [7, 11) is 0. The lowest BCUT2D eigenvalue weighted by atomic mass is 10.1. The van der Waals surface area contributed by atoms with Crippen LogP contribution in [0.2, 0.25) is 0 Å². The van der Waals surface area contributed by atoms with Gasteiger partial charge < -0.3 is 10.3 Å². The SMILES string of the molecule is NCCc1cn(Cc2ccccc2F)c2ccccc12. The van der Waals surface area contributed by atoms with Crippen LogP contribution in [0.25, 0.3) is 10.9 Å². The fraction of sp³-hybridized carbons (Fsp3) is 0.176. The lowest BCUT2D eigenvalue weighted by Crippen LogP contribution is -2.02. The number of fused-ring (bicyclic) bond motifs is 1. The highest BCUT2D eigenvalue weighted by molar-refractivity contribution is 5.84. The Kier molecular flexibility index (Phi) is 3.52. The summed E-state index contributed by atoms with van der Waals surface area (Å²) < 4.78 is 15.9. The Morgan fingerprint density at radius 3 is 2.50 bits per heavy atom. The molecule has 1 aromatic heterocycles. The molecule has 2 nitrogen and oxygen atoms in total. The van der Waals surface area contributed by atoms with Gasteiger partial charge in [-0.3, -0.25) is 0 Å². The number of para-hydroxylation sites is 1. The molecule has 0 amide bonds. The van der Waals surface area contributed by atoms with Gasteiger partial charge in [0.05, 0.1) is 6.54 Å². The highest BCUT2D eigenvalue weighted by Crippen LogP contribution is 2.23. The van der Waals surface area contributed by atoms with Crippen molar-refractivity contribution in [2.45, 2.75) is 13.0 Å². The number of benzene rings is 2. The van der Waals surface area contributed by atoms with Crippen LogP contribution >= 0.6 is 0 Å². The van der Waals surface area contributed by atoms with Crippen molar-refractivity contribution in [2.75, 3.05) is 6.54 Å². The first-order valence-corrected chi connectivity index (χ1v) is 6.80. The molecule has 0 aliphatic heterocycles. The van der Waals surface area contributed by atoms with Crippen LogP contribution in [0.4, 0.5) is 4.39 Å². The second kappa shape index (κ2) is 5.47. The van der Waals surface area contributed by atoms with Crippen LogP contribution in [0.1, 0.15) is 11.1 Å². The van der Waals surface area contributed by atoms with Gasteiger partial charge in [-0.2, -0.15) is 0 Å². The van der Waals surface area contributed by atoms with Gasteiger partial charge in [0, 0.05) is 22.7 Å². The molecule has 0 radical (unpaired) electrons. The lowest BCUT2D eigenvalue weighted by Gasteiger charge is -2.06. The number of hydrogen-bond acceptors (Lipinski definition) is 1. The van der Waals surface area contributed by atoms with Crippen LogP contribution in [-0.2, 0) is 13.0 Å². The molecule has 0 atom stereocenters. The molecular formula is C17H17FN2. The van der Waals surface area contributed by atoms with Crippen molar-refractivity contribution >= 4 is 10.9 Å². The molecule has 0 saturated heterocycles. The maximum atomic E-state index is 13.8. The van der Waals surface area contributed by atoms with Crippen LogP contribution in [0.3, 0.4) is 0 Å². The highest BCUT2D eigenvalue weighted by Gasteiger charge is 2.09. The van der Waals surface area contributed by atoms with E-state index in [1.807, 2.05) is 24.3 Å². The summed E-state index contributed by atoms with van der Waals surface area (Å²) in [6.45, 7) is 1.16. The first-order valence-electron chi connectivity index (χ1n) is 6.80. The number of nitrogens with two attached hydrogens (primary N) is 1. The Morgan fingerprint density at radius 1 is 0.950 bits per heavy atom. The number of nitrogens with zero attached hydrogens (tertiary/aromatic N) is 1. The molecule has 0 spiro atoms. The van der Waals surface area contributed by atoms with Crippen molar-refractivity contribution < 1.29 is 4.39 Å². The van der Waals surface area contributed by atoms with E-state index in [1.165, 1.54) is 17.0 Å². The van der Waals surface area contributed by atoms with Crippen molar-refractivity contribution in [3.63, 3.8) is 0 Å². The molecule has 0 bridgehead atoms. The van der Waals surface area contributed by atoms with E-state index >= 15 is 0 Å². The monoisotopic (exact) mass is 268 g/mol. The second-order valence-corrected chi connectivity index (χ2v) is 4.93. The standard InChI is InChI=1S/C17H17FN2/c18-16-7-3-1-5-14(16)12-20-11-13(9-10-19)15-6-2-4-8-17(15)20/h1-8,11H,9-10,12,19H2. The molecule has 0 unspecified atom stereocenters. The van der Waals surface area contributed by atoms with E-state index in [4.69, 9.17) is 5.73 Å². The highest BCUT2D eigenvalue weighted by atomic mass is 19.1. The molecule has 0 aliphatic rings. The maximum Gasteiger partial charge on any atom is 0.128 e. The predicted molar refractivity (Wildman–Crippen MR) is 80.2 cm³/mol. The Labute approximate surface area is 117 Å². The predicted octanol–water partition coefficient (Wildman–Crippen LogP) is 3.33. The molecule has 20 heavy (non-hydrogen) atoms. The summed E-state index contributed by atoms with van der Waals surface area (Å²) in [5.74, 6) is -0.161. The van der Waals surface area contributed by atoms with Crippen LogP contribution in [0.5, 0.6) is 0 Å². The lowest BCUT2D eigenvalue weighted by molar-refractivity contribution is 0.602. The van der Waals surface area contributed by atoms with Gasteiger partial charge in [0.25, 0.3) is 0 Å². The van der Waals surface area contributed by atoms with Crippen molar-refractivity contribution in [2.24, 2.45) is 5.73 Å². The van der Waals surface area contributed by atoms with Gasteiger partial charge in [0.15, 0.2) is 0 Å². The second-order valence-electron chi connectivity index (χ2n) is 4.93. The van der Waals surface area contributed by atoms with Gasteiger partial charge in [-0.15, -0.1) is 0 Å². The van der Waals surface area contributed by atoms with Gasteiger partial charge in [0.2, 0.25) is 0 Å².